The van der Waals surface area contributed by atoms with Gasteiger partial charge < -0.3 is 20.0 Å². The van der Waals surface area contributed by atoms with Crippen LogP contribution in [0.25, 0.3) is 33.6 Å². The van der Waals surface area contributed by atoms with Crippen LogP contribution in [0, 0.1) is 5.82 Å². The lowest BCUT2D eigenvalue weighted by molar-refractivity contribution is 0.0600. The molecule has 1 saturated carbocycles. The summed E-state index contributed by atoms with van der Waals surface area (Å²) in [4.78, 5) is 24.1. The van der Waals surface area contributed by atoms with Crippen molar-refractivity contribution in [3.63, 3.8) is 0 Å². The molecule has 7 nitrogen and oxygen atoms in total. The van der Waals surface area contributed by atoms with Crippen molar-refractivity contribution in [3.05, 3.63) is 47.4 Å². The number of aromatic nitrogens is 4. The maximum absolute atomic E-state index is 15.0. The van der Waals surface area contributed by atoms with E-state index in [0.29, 0.717) is 17.2 Å². The van der Waals surface area contributed by atoms with Gasteiger partial charge >= 0.3 is 5.97 Å². The maximum Gasteiger partial charge on any atom is 0.338 e. The predicted octanol–water partition coefficient (Wildman–Crippen LogP) is 3.81. The number of methoxy groups -OCH3 is 1. The Balaban J connectivity index is 1.73. The number of ether oxygens (including phenoxy) is 1. The molecule has 1 aromatic carbocycles. The number of esters is 1. The minimum Gasteiger partial charge on any atom is -0.465 e. The summed E-state index contributed by atoms with van der Waals surface area (Å²) < 4.78 is 35.2. The van der Waals surface area contributed by atoms with Crippen LogP contribution in [0.5, 0.6) is 0 Å². The number of nitrogens with one attached hydrogen (secondary N) is 1. The summed E-state index contributed by atoms with van der Waals surface area (Å²) in [5, 5.41) is 0.830. The standard InChI is InChI=1S/C21H19F2N5O2/c1-9(24)14-4-3-10-6-16(26-19(10)25-14)20-27-15-7-11(21(29)30-2)5-13(23)18(15)28(20)17-8-12(17)22/h3-7,9,12,17H,8,24H2,1-2H3,(H,25,26)/t9-,12-,17-/m1/s1. The highest BCUT2D eigenvalue weighted by atomic mass is 19.1. The van der Waals surface area contributed by atoms with Crippen LogP contribution in [0.2, 0.25) is 0 Å². The molecule has 1 fully saturated rings. The molecular weight excluding hydrogens is 392 g/mol. The van der Waals surface area contributed by atoms with Crippen molar-refractivity contribution in [1.82, 2.24) is 19.5 Å². The molecule has 3 N–H and O–H groups in total. The average Bonchev–Trinajstić information content (AvgIpc) is 3.14. The van der Waals surface area contributed by atoms with E-state index < -0.39 is 24.0 Å². The third-order valence-electron chi connectivity index (χ3n) is 5.38. The number of nitrogens with two attached hydrogens (primary N) is 1. The average molecular weight is 411 g/mol. The van der Waals surface area contributed by atoms with Crippen molar-refractivity contribution in [2.75, 3.05) is 7.11 Å². The molecule has 0 saturated heterocycles. The fourth-order valence-electron chi connectivity index (χ4n) is 3.74. The van der Waals surface area contributed by atoms with Gasteiger partial charge in [-0.05, 0) is 37.3 Å². The Hall–Kier alpha value is -3.33. The van der Waals surface area contributed by atoms with Gasteiger partial charge in [0, 0.05) is 17.8 Å². The van der Waals surface area contributed by atoms with E-state index in [9.17, 15) is 13.6 Å². The van der Waals surface area contributed by atoms with Gasteiger partial charge in [-0.3, -0.25) is 0 Å². The van der Waals surface area contributed by atoms with Gasteiger partial charge in [-0.15, -0.1) is 0 Å². The zero-order chi connectivity index (χ0) is 21.2. The van der Waals surface area contributed by atoms with E-state index in [1.165, 1.54) is 13.2 Å². The molecule has 30 heavy (non-hydrogen) atoms. The highest BCUT2D eigenvalue weighted by Crippen LogP contribution is 2.44. The number of alkyl halides is 1. The number of halogens is 2. The summed E-state index contributed by atoms with van der Waals surface area (Å²) in [6.45, 7) is 1.84. The zero-order valence-electron chi connectivity index (χ0n) is 16.3. The Bertz CT molecular complexity index is 1310. The van der Waals surface area contributed by atoms with Crippen molar-refractivity contribution < 1.29 is 18.3 Å². The third-order valence-corrected chi connectivity index (χ3v) is 5.38. The molecule has 0 amide bonds. The monoisotopic (exact) mass is 411 g/mol. The second-order valence-corrected chi connectivity index (χ2v) is 7.59. The van der Waals surface area contributed by atoms with Gasteiger partial charge in [0.1, 0.15) is 23.2 Å². The number of fused-ring (bicyclic) bond motifs is 2. The number of H-pyrrole nitrogens is 1. The largest absolute Gasteiger partial charge is 0.465 e. The van der Waals surface area contributed by atoms with Crippen molar-refractivity contribution >= 4 is 28.0 Å². The first-order chi connectivity index (χ1) is 14.4. The molecule has 3 aromatic heterocycles. The van der Waals surface area contributed by atoms with Gasteiger partial charge in [0.2, 0.25) is 0 Å². The van der Waals surface area contributed by atoms with Crippen LogP contribution < -0.4 is 5.73 Å². The second-order valence-electron chi connectivity index (χ2n) is 7.59. The highest BCUT2D eigenvalue weighted by Gasteiger charge is 2.42. The van der Waals surface area contributed by atoms with Gasteiger partial charge in [0.15, 0.2) is 5.82 Å². The van der Waals surface area contributed by atoms with Gasteiger partial charge in [0.05, 0.1) is 35.6 Å². The molecule has 0 unspecified atom stereocenters. The summed E-state index contributed by atoms with van der Waals surface area (Å²) in [6.07, 6.45) is -0.794. The predicted molar refractivity (Wildman–Crippen MR) is 107 cm³/mol. The van der Waals surface area contributed by atoms with Gasteiger partial charge in [-0.1, -0.05) is 0 Å². The van der Waals surface area contributed by atoms with Crippen molar-refractivity contribution in [2.24, 2.45) is 5.73 Å². The van der Waals surface area contributed by atoms with Gasteiger partial charge in [0.25, 0.3) is 0 Å². The second kappa shape index (κ2) is 6.60. The SMILES string of the molecule is COC(=O)c1cc(F)c2c(c1)nc(-c1cc3ccc([C@@H](C)N)nc3[nH]1)n2[C@@H]1C[C@H]1F. The zero-order valence-corrected chi connectivity index (χ0v) is 16.3. The van der Waals surface area contributed by atoms with E-state index in [2.05, 4.69) is 19.7 Å². The molecule has 4 aromatic rings. The number of aromatic amines is 1. The minimum absolute atomic E-state index is 0.0474. The first-order valence-corrected chi connectivity index (χ1v) is 9.57. The quantitative estimate of drug-likeness (QED) is 0.498. The molecule has 3 heterocycles. The van der Waals surface area contributed by atoms with Crippen molar-refractivity contribution in [3.8, 4) is 11.5 Å². The topological polar surface area (TPSA) is 98.8 Å². The Kier molecular flexibility index (Phi) is 4.11. The number of pyridine rings is 1. The Morgan fingerprint density at radius 3 is 2.77 bits per heavy atom. The van der Waals surface area contributed by atoms with E-state index in [-0.39, 0.29) is 29.1 Å². The van der Waals surface area contributed by atoms with E-state index in [1.54, 1.807) is 4.57 Å². The maximum atomic E-state index is 15.0. The van der Waals surface area contributed by atoms with Crippen LogP contribution in [0.15, 0.2) is 30.3 Å². The van der Waals surface area contributed by atoms with E-state index in [4.69, 9.17) is 5.73 Å². The number of hydrogen-bond donors (Lipinski definition) is 2. The normalized spacial score (nSPS) is 19.4. The summed E-state index contributed by atoms with van der Waals surface area (Å²) >= 11 is 0. The van der Waals surface area contributed by atoms with E-state index >= 15 is 0 Å². The third kappa shape index (κ3) is 2.85. The molecule has 5 rings (SSSR count). The molecule has 154 valence electrons. The van der Waals surface area contributed by atoms with Crippen LogP contribution in [0.4, 0.5) is 8.78 Å². The molecule has 0 bridgehead atoms. The van der Waals surface area contributed by atoms with E-state index in [0.717, 1.165) is 17.1 Å². The summed E-state index contributed by atoms with van der Waals surface area (Å²) in [5.41, 5.74) is 8.29. The molecule has 0 spiro atoms. The van der Waals surface area contributed by atoms with Gasteiger partial charge in [-0.25, -0.2) is 23.5 Å². The number of carbonyl (C=O) groups is 1. The molecule has 3 atom stereocenters. The van der Waals surface area contributed by atoms with Gasteiger partial charge in [-0.2, -0.15) is 0 Å². The Morgan fingerprint density at radius 1 is 1.33 bits per heavy atom. The molecule has 0 radical (unpaired) electrons. The smallest absolute Gasteiger partial charge is 0.338 e. The number of rotatable bonds is 4. The van der Waals surface area contributed by atoms with E-state index in [1.807, 2.05) is 25.1 Å². The molecular formula is C21H19F2N5O2. The fraction of sp³-hybridized carbons (Fsp3) is 0.286. The Labute approximate surface area is 169 Å². The highest BCUT2D eigenvalue weighted by molar-refractivity contribution is 5.95. The number of carbonyl (C=O) groups excluding carboxylic acids is 1. The van der Waals surface area contributed by atoms with Crippen LogP contribution in [-0.2, 0) is 4.74 Å². The lowest BCUT2D eigenvalue weighted by atomic mass is 10.2. The summed E-state index contributed by atoms with van der Waals surface area (Å²) in [7, 11) is 1.22. The molecule has 1 aliphatic rings. The van der Waals surface area contributed by atoms with Crippen LogP contribution >= 0.6 is 0 Å². The molecule has 1 aliphatic carbocycles. The number of hydrogen-bond acceptors (Lipinski definition) is 5. The summed E-state index contributed by atoms with van der Waals surface area (Å²) in [5.74, 6) is -0.935. The lowest BCUT2D eigenvalue weighted by Crippen LogP contribution is -2.06. The minimum atomic E-state index is -1.08. The first kappa shape index (κ1) is 18.7. The lowest BCUT2D eigenvalue weighted by Gasteiger charge is -2.07. The number of imidazole rings is 1. The molecule has 9 heteroatoms. The van der Waals surface area contributed by atoms with Crippen molar-refractivity contribution in [1.29, 1.82) is 0 Å². The first-order valence-electron chi connectivity index (χ1n) is 9.57. The fourth-order valence-corrected chi connectivity index (χ4v) is 3.74. The van der Waals surface area contributed by atoms with Crippen LogP contribution in [-0.4, -0.2) is 38.8 Å². The van der Waals surface area contributed by atoms with Crippen molar-refractivity contribution in [2.45, 2.75) is 31.6 Å². The van der Waals surface area contributed by atoms with Crippen LogP contribution in [0.1, 0.15) is 41.5 Å². The summed E-state index contributed by atoms with van der Waals surface area (Å²) in [6, 6.07) is 7.37. The number of benzene rings is 1. The Morgan fingerprint density at radius 2 is 2.10 bits per heavy atom. The molecule has 0 aliphatic heterocycles. The number of nitrogens with zero attached hydrogens (tertiary/aromatic N) is 3. The van der Waals surface area contributed by atoms with Crippen LogP contribution in [0.3, 0.4) is 0 Å².